The van der Waals surface area contributed by atoms with Crippen molar-refractivity contribution in [1.82, 2.24) is 4.98 Å². The quantitative estimate of drug-likeness (QED) is 0.314. The van der Waals surface area contributed by atoms with E-state index >= 15 is 0 Å². The van der Waals surface area contributed by atoms with Crippen LogP contribution in [0.2, 0.25) is 0 Å². The van der Waals surface area contributed by atoms with Gasteiger partial charge in [0.25, 0.3) is 5.91 Å². The molecule has 2 aromatic carbocycles. The first-order chi connectivity index (χ1) is 19.7. The maximum absolute atomic E-state index is 13.5. The van der Waals surface area contributed by atoms with E-state index in [1.54, 1.807) is 56.3 Å². The van der Waals surface area contributed by atoms with Gasteiger partial charge in [-0.1, -0.05) is 23.5 Å². The number of aryl methyl sites for hydroxylation is 2. The van der Waals surface area contributed by atoms with Gasteiger partial charge in [-0.3, -0.25) is 10.1 Å². The summed E-state index contributed by atoms with van der Waals surface area (Å²) in [6, 6.07) is 11.4. The van der Waals surface area contributed by atoms with Crippen molar-refractivity contribution in [3.8, 4) is 10.8 Å². The van der Waals surface area contributed by atoms with Gasteiger partial charge >= 0.3 is 5.97 Å². The lowest BCUT2D eigenvalue weighted by atomic mass is 10.1. The van der Waals surface area contributed by atoms with Crippen LogP contribution < -0.4 is 10.1 Å². The molecule has 0 spiro atoms. The van der Waals surface area contributed by atoms with Gasteiger partial charge in [-0.05, 0) is 81.0 Å². The number of esters is 1. The number of methoxy groups -OCH3 is 1. The van der Waals surface area contributed by atoms with Crippen molar-refractivity contribution < 1.29 is 37.0 Å². The van der Waals surface area contributed by atoms with Crippen molar-refractivity contribution in [2.75, 3.05) is 25.6 Å². The Labute approximate surface area is 242 Å². The molecule has 218 valence electrons. The number of amides is 1. The van der Waals surface area contributed by atoms with Gasteiger partial charge in [0, 0.05) is 13.2 Å². The maximum atomic E-state index is 13.5. The number of carbonyl (C=O) groups is 2. The Hall–Kier alpha value is -3.32. The zero-order valence-corrected chi connectivity index (χ0v) is 24.7. The Morgan fingerprint density at radius 1 is 1.05 bits per heavy atom. The SMILES string of the molecule is COC(=O)c1ccc(Oc2sc(NC(=O)C(OC3CCOCC3)c3ccc(S(=O)(=O)C4CC4)cc3)nc2C)cc1C. The highest BCUT2D eigenvalue weighted by Gasteiger charge is 2.37. The number of thiazole rings is 1. The number of aromatic nitrogens is 1. The molecule has 1 N–H and O–H groups in total. The molecule has 12 heteroatoms. The molecule has 2 fully saturated rings. The van der Waals surface area contributed by atoms with E-state index in [0.717, 1.165) is 0 Å². The largest absolute Gasteiger partial charge is 0.465 e. The van der Waals surface area contributed by atoms with Gasteiger partial charge in [0.05, 0.1) is 34.6 Å². The smallest absolute Gasteiger partial charge is 0.338 e. The molecule has 1 atom stereocenters. The number of carbonyl (C=O) groups excluding carboxylic acids is 2. The fourth-order valence-corrected chi connectivity index (χ4v) is 7.04. The summed E-state index contributed by atoms with van der Waals surface area (Å²) in [7, 11) is -2.02. The van der Waals surface area contributed by atoms with Crippen LogP contribution in [0.3, 0.4) is 0 Å². The van der Waals surface area contributed by atoms with E-state index in [9.17, 15) is 18.0 Å². The molecule has 1 saturated heterocycles. The second-order valence-electron chi connectivity index (χ2n) is 10.1. The zero-order chi connectivity index (χ0) is 29.1. The van der Waals surface area contributed by atoms with Crippen LogP contribution in [0.25, 0.3) is 0 Å². The predicted molar refractivity (Wildman–Crippen MR) is 152 cm³/mol. The predicted octanol–water partition coefficient (Wildman–Crippen LogP) is 5.15. The average Bonchev–Trinajstić information content (AvgIpc) is 3.77. The van der Waals surface area contributed by atoms with Gasteiger partial charge < -0.3 is 18.9 Å². The Balaban J connectivity index is 1.33. The lowest BCUT2D eigenvalue weighted by Crippen LogP contribution is -2.31. The Morgan fingerprint density at radius 2 is 1.76 bits per heavy atom. The summed E-state index contributed by atoms with van der Waals surface area (Å²) in [5.74, 6) is -0.334. The third-order valence-electron chi connectivity index (χ3n) is 7.01. The molecule has 1 unspecified atom stereocenters. The van der Waals surface area contributed by atoms with Crippen LogP contribution in [0.15, 0.2) is 47.4 Å². The van der Waals surface area contributed by atoms with Gasteiger partial charge in [-0.15, -0.1) is 0 Å². The second-order valence-corrected chi connectivity index (χ2v) is 13.3. The van der Waals surface area contributed by atoms with Gasteiger partial charge in [0.2, 0.25) is 5.06 Å². The highest BCUT2D eigenvalue weighted by atomic mass is 32.2. The minimum absolute atomic E-state index is 0.178. The zero-order valence-electron chi connectivity index (χ0n) is 23.0. The van der Waals surface area contributed by atoms with E-state index < -0.39 is 27.8 Å². The molecule has 1 aliphatic heterocycles. The number of hydrogen-bond acceptors (Lipinski definition) is 10. The third-order valence-corrected chi connectivity index (χ3v) is 10.2. The highest BCUT2D eigenvalue weighted by molar-refractivity contribution is 7.92. The number of benzene rings is 2. The van der Waals surface area contributed by atoms with Crippen LogP contribution in [-0.4, -0.2) is 57.0 Å². The van der Waals surface area contributed by atoms with E-state index in [4.69, 9.17) is 18.9 Å². The normalized spacial score (nSPS) is 16.7. The monoisotopic (exact) mass is 600 g/mol. The summed E-state index contributed by atoms with van der Waals surface area (Å²) < 4.78 is 47.8. The molecule has 2 heterocycles. The molecule has 3 aromatic rings. The molecule has 0 radical (unpaired) electrons. The third kappa shape index (κ3) is 6.78. The summed E-state index contributed by atoms with van der Waals surface area (Å²) in [4.78, 5) is 30.1. The Kier molecular flexibility index (Phi) is 8.74. The Morgan fingerprint density at radius 3 is 2.39 bits per heavy atom. The van der Waals surface area contributed by atoms with E-state index in [0.29, 0.717) is 77.2 Å². The fraction of sp³-hybridized carbons (Fsp3) is 0.414. The first-order valence-corrected chi connectivity index (χ1v) is 15.7. The van der Waals surface area contributed by atoms with Crippen molar-refractivity contribution in [3.63, 3.8) is 0 Å². The summed E-state index contributed by atoms with van der Waals surface area (Å²) in [6.07, 6.45) is 1.51. The maximum Gasteiger partial charge on any atom is 0.338 e. The van der Waals surface area contributed by atoms with E-state index in [1.165, 1.54) is 18.4 Å². The molecule has 1 saturated carbocycles. The molecule has 41 heavy (non-hydrogen) atoms. The minimum atomic E-state index is -3.35. The van der Waals surface area contributed by atoms with Crippen molar-refractivity contribution in [2.45, 2.75) is 61.9 Å². The first kappa shape index (κ1) is 29.2. The van der Waals surface area contributed by atoms with Crippen molar-refractivity contribution in [1.29, 1.82) is 0 Å². The molecule has 0 bridgehead atoms. The summed E-state index contributed by atoms with van der Waals surface area (Å²) >= 11 is 1.17. The topological polar surface area (TPSA) is 130 Å². The number of anilines is 1. The molecule has 10 nitrogen and oxygen atoms in total. The number of hydrogen-bond donors (Lipinski definition) is 1. The average molecular weight is 601 g/mol. The fourth-order valence-electron chi connectivity index (χ4n) is 4.55. The van der Waals surface area contributed by atoms with Crippen molar-refractivity contribution >= 4 is 38.2 Å². The van der Waals surface area contributed by atoms with Crippen molar-refractivity contribution in [2.24, 2.45) is 0 Å². The summed E-state index contributed by atoms with van der Waals surface area (Å²) in [6.45, 7) is 4.65. The number of ether oxygens (including phenoxy) is 4. The molecule has 5 rings (SSSR count). The second kappa shape index (κ2) is 12.3. The number of nitrogens with zero attached hydrogens (tertiary/aromatic N) is 1. The van der Waals surface area contributed by atoms with E-state index in [2.05, 4.69) is 10.3 Å². The van der Waals surface area contributed by atoms with Crippen LogP contribution in [0, 0.1) is 13.8 Å². The minimum Gasteiger partial charge on any atom is -0.465 e. The molecule has 1 aromatic heterocycles. The molecule has 1 aliphatic carbocycles. The van der Waals surface area contributed by atoms with Crippen LogP contribution in [-0.2, 0) is 28.8 Å². The standard InChI is InChI=1S/C29H32N2O8S2/c1-17-16-21(6-11-24(17)27(33)36-3)39-28-18(2)30-29(40-28)31-26(32)25(38-20-12-14-37-15-13-20)19-4-7-22(8-5-19)41(34,35)23-9-10-23/h4-8,11,16,20,23,25H,9-10,12-15H2,1-3H3,(H,30,31,32). The van der Waals surface area contributed by atoms with Gasteiger partial charge in [0.1, 0.15) is 5.75 Å². The lowest BCUT2D eigenvalue weighted by Gasteiger charge is -2.27. The Bertz CT molecular complexity index is 1520. The molecular formula is C29H32N2O8S2. The van der Waals surface area contributed by atoms with Crippen LogP contribution in [0.5, 0.6) is 10.8 Å². The van der Waals surface area contributed by atoms with E-state index in [-0.39, 0.29) is 16.2 Å². The van der Waals surface area contributed by atoms with Crippen LogP contribution in [0.1, 0.15) is 59.0 Å². The highest BCUT2D eigenvalue weighted by Crippen LogP contribution is 2.37. The van der Waals surface area contributed by atoms with Gasteiger partial charge in [0.15, 0.2) is 21.1 Å². The molecule has 2 aliphatic rings. The molecule has 1 amide bonds. The number of rotatable bonds is 10. The summed E-state index contributed by atoms with van der Waals surface area (Å²) in [5.41, 5.74) is 2.28. The lowest BCUT2D eigenvalue weighted by molar-refractivity contribution is -0.136. The van der Waals surface area contributed by atoms with Crippen LogP contribution in [0.4, 0.5) is 5.13 Å². The van der Waals surface area contributed by atoms with E-state index in [1.807, 2.05) is 0 Å². The number of sulfone groups is 1. The van der Waals surface area contributed by atoms with Crippen LogP contribution >= 0.6 is 11.3 Å². The van der Waals surface area contributed by atoms with Crippen molar-refractivity contribution in [3.05, 3.63) is 64.8 Å². The van der Waals surface area contributed by atoms with Gasteiger partial charge in [-0.2, -0.15) is 0 Å². The first-order valence-electron chi connectivity index (χ1n) is 13.4. The summed E-state index contributed by atoms with van der Waals surface area (Å²) in [5, 5.41) is 3.35. The molecular weight excluding hydrogens is 568 g/mol. The van der Waals surface area contributed by atoms with Gasteiger partial charge in [-0.25, -0.2) is 18.2 Å². The number of nitrogens with one attached hydrogen (secondary N) is 1.